The highest BCUT2D eigenvalue weighted by Gasteiger charge is 2.40. The molecule has 1 saturated heterocycles. The molecule has 0 N–H and O–H groups in total. The van der Waals surface area contributed by atoms with Crippen molar-refractivity contribution in [1.29, 1.82) is 0 Å². The minimum atomic E-state index is -0.762. The number of nitrogens with zero attached hydrogens (tertiary/aromatic N) is 1. The number of imide groups is 1. The normalized spacial score (nSPS) is 19.2. The predicted molar refractivity (Wildman–Crippen MR) is 62.6 cm³/mol. The highest BCUT2D eigenvalue weighted by Crippen LogP contribution is 2.16. The lowest BCUT2D eigenvalue weighted by Gasteiger charge is -2.17. The summed E-state index contributed by atoms with van der Waals surface area (Å²) in [5.41, 5.74) is 0.830. The van der Waals surface area contributed by atoms with Crippen LogP contribution < -0.4 is 0 Å². The van der Waals surface area contributed by atoms with Crippen LogP contribution in [-0.4, -0.2) is 28.7 Å². The first kappa shape index (κ1) is 12.3. The summed E-state index contributed by atoms with van der Waals surface area (Å²) in [5, 5.41) is 0. The lowest BCUT2D eigenvalue weighted by atomic mass is 10.2. The molecule has 1 aromatic carbocycles. The Morgan fingerprint density at radius 3 is 2.56 bits per heavy atom. The van der Waals surface area contributed by atoms with E-state index in [2.05, 4.69) is 0 Å². The van der Waals surface area contributed by atoms with Gasteiger partial charge in [0, 0.05) is 0 Å². The number of ketones is 1. The SMILES string of the molecule is C[C@H]1C(=O)CC(=O)N1C(=O)OCc1ccccc1. The molecule has 2 amide bonds. The van der Waals surface area contributed by atoms with Crippen LogP contribution in [0.4, 0.5) is 4.79 Å². The van der Waals surface area contributed by atoms with E-state index in [0.29, 0.717) is 0 Å². The predicted octanol–water partition coefficient (Wildman–Crippen LogP) is 1.51. The number of Topliss-reactive ketones (excluding diaryl/α,β-unsaturated/α-hetero) is 1. The summed E-state index contributed by atoms with van der Waals surface area (Å²) in [6.07, 6.45) is -0.982. The molecule has 1 aromatic rings. The number of carbonyl (C=O) groups is 3. The lowest BCUT2D eigenvalue weighted by molar-refractivity contribution is -0.127. The first-order valence-corrected chi connectivity index (χ1v) is 5.65. The summed E-state index contributed by atoms with van der Waals surface area (Å²) in [6.45, 7) is 1.61. The fourth-order valence-electron chi connectivity index (χ4n) is 1.79. The van der Waals surface area contributed by atoms with Crippen LogP contribution in [0.25, 0.3) is 0 Å². The van der Waals surface area contributed by atoms with Gasteiger partial charge >= 0.3 is 6.09 Å². The maximum Gasteiger partial charge on any atom is 0.417 e. The summed E-state index contributed by atoms with van der Waals surface area (Å²) in [7, 11) is 0. The Labute approximate surface area is 104 Å². The van der Waals surface area contributed by atoms with E-state index in [0.717, 1.165) is 10.5 Å². The van der Waals surface area contributed by atoms with Crippen LogP contribution in [0, 0.1) is 0 Å². The summed E-state index contributed by atoms with van der Waals surface area (Å²) >= 11 is 0. The van der Waals surface area contributed by atoms with E-state index < -0.39 is 18.0 Å². The van der Waals surface area contributed by atoms with E-state index in [-0.39, 0.29) is 18.8 Å². The van der Waals surface area contributed by atoms with Gasteiger partial charge in [0.25, 0.3) is 0 Å². The van der Waals surface area contributed by atoms with Crippen molar-refractivity contribution < 1.29 is 19.1 Å². The Balaban J connectivity index is 1.96. The second-order valence-electron chi connectivity index (χ2n) is 4.12. The Morgan fingerprint density at radius 2 is 2.00 bits per heavy atom. The third-order valence-electron chi connectivity index (χ3n) is 2.85. The fraction of sp³-hybridized carbons (Fsp3) is 0.308. The first-order chi connectivity index (χ1) is 8.59. The van der Waals surface area contributed by atoms with Gasteiger partial charge in [-0.25, -0.2) is 9.69 Å². The number of rotatable bonds is 2. The van der Waals surface area contributed by atoms with Crippen LogP contribution in [0.1, 0.15) is 18.9 Å². The quantitative estimate of drug-likeness (QED) is 0.743. The van der Waals surface area contributed by atoms with Crippen molar-refractivity contribution in [2.75, 3.05) is 0 Å². The summed E-state index contributed by atoms with van der Waals surface area (Å²) in [5.74, 6) is -0.748. The molecule has 0 unspecified atom stereocenters. The van der Waals surface area contributed by atoms with E-state index in [1.54, 1.807) is 0 Å². The third kappa shape index (κ3) is 2.40. The van der Waals surface area contributed by atoms with Gasteiger partial charge in [-0.1, -0.05) is 30.3 Å². The molecule has 94 valence electrons. The first-order valence-electron chi connectivity index (χ1n) is 5.65. The minimum absolute atomic E-state index is 0.0877. The monoisotopic (exact) mass is 247 g/mol. The Bertz CT molecular complexity index is 483. The van der Waals surface area contributed by atoms with Crippen LogP contribution in [-0.2, 0) is 20.9 Å². The molecule has 1 aliphatic rings. The van der Waals surface area contributed by atoms with Gasteiger partial charge in [-0.15, -0.1) is 0 Å². The van der Waals surface area contributed by atoms with Gasteiger partial charge in [0.15, 0.2) is 5.78 Å². The second-order valence-corrected chi connectivity index (χ2v) is 4.12. The van der Waals surface area contributed by atoms with Crippen molar-refractivity contribution in [3.05, 3.63) is 35.9 Å². The Morgan fingerprint density at radius 1 is 1.33 bits per heavy atom. The topological polar surface area (TPSA) is 63.7 Å². The van der Waals surface area contributed by atoms with Gasteiger partial charge < -0.3 is 4.74 Å². The van der Waals surface area contributed by atoms with Crippen molar-refractivity contribution in [3.8, 4) is 0 Å². The van der Waals surface area contributed by atoms with Crippen LogP contribution in [0.5, 0.6) is 0 Å². The lowest BCUT2D eigenvalue weighted by Crippen LogP contribution is -2.39. The van der Waals surface area contributed by atoms with Crippen molar-refractivity contribution in [2.45, 2.75) is 26.0 Å². The maximum absolute atomic E-state index is 11.7. The van der Waals surface area contributed by atoms with Gasteiger partial charge in [-0.3, -0.25) is 9.59 Å². The van der Waals surface area contributed by atoms with Crippen LogP contribution in [0.3, 0.4) is 0 Å². The zero-order valence-corrected chi connectivity index (χ0v) is 9.96. The van der Waals surface area contributed by atoms with E-state index >= 15 is 0 Å². The number of hydrogen-bond donors (Lipinski definition) is 0. The van der Waals surface area contributed by atoms with Crippen molar-refractivity contribution in [1.82, 2.24) is 4.90 Å². The van der Waals surface area contributed by atoms with Gasteiger partial charge in [0.1, 0.15) is 6.61 Å². The number of benzene rings is 1. The molecule has 1 atom stereocenters. The molecule has 18 heavy (non-hydrogen) atoms. The fourth-order valence-corrected chi connectivity index (χ4v) is 1.79. The van der Waals surface area contributed by atoms with E-state index in [1.165, 1.54) is 6.92 Å². The molecule has 1 fully saturated rings. The average molecular weight is 247 g/mol. The number of likely N-dealkylation sites (tertiary alicyclic amines) is 1. The van der Waals surface area contributed by atoms with Gasteiger partial charge in [0.05, 0.1) is 12.5 Å². The molecule has 5 nitrogen and oxygen atoms in total. The highest BCUT2D eigenvalue weighted by molar-refractivity contribution is 6.13. The number of ether oxygens (including phenoxy) is 1. The van der Waals surface area contributed by atoms with E-state index in [1.807, 2.05) is 30.3 Å². The number of amides is 2. The molecule has 0 aliphatic carbocycles. The molecule has 5 heteroatoms. The average Bonchev–Trinajstić information content (AvgIpc) is 2.62. The molecule has 0 aromatic heterocycles. The van der Waals surface area contributed by atoms with Gasteiger partial charge in [0.2, 0.25) is 5.91 Å². The van der Waals surface area contributed by atoms with Gasteiger partial charge in [-0.2, -0.15) is 0 Å². The summed E-state index contributed by atoms with van der Waals surface area (Å²) in [6, 6.07) is 8.42. The standard InChI is InChI=1S/C13H13NO4/c1-9-11(15)7-12(16)14(9)13(17)18-8-10-5-3-2-4-6-10/h2-6,9H,7-8H2,1H3/t9-/m0/s1. The maximum atomic E-state index is 11.7. The Kier molecular flexibility index (Phi) is 3.41. The zero-order chi connectivity index (χ0) is 13.1. The molecule has 0 bridgehead atoms. The van der Waals surface area contributed by atoms with E-state index in [9.17, 15) is 14.4 Å². The van der Waals surface area contributed by atoms with Crippen LogP contribution >= 0.6 is 0 Å². The molecule has 0 spiro atoms. The van der Waals surface area contributed by atoms with Crippen molar-refractivity contribution in [3.63, 3.8) is 0 Å². The third-order valence-corrected chi connectivity index (χ3v) is 2.85. The molecule has 0 radical (unpaired) electrons. The van der Waals surface area contributed by atoms with Crippen molar-refractivity contribution >= 4 is 17.8 Å². The molecular weight excluding hydrogens is 234 g/mol. The molecular formula is C13H13NO4. The van der Waals surface area contributed by atoms with E-state index in [4.69, 9.17) is 4.74 Å². The number of carbonyl (C=O) groups excluding carboxylic acids is 3. The second kappa shape index (κ2) is 5.00. The minimum Gasteiger partial charge on any atom is -0.444 e. The summed E-state index contributed by atoms with van der Waals surface area (Å²) in [4.78, 5) is 35.4. The highest BCUT2D eigenvalue weighted by atomic mass is 16.6. The molecule has 0 saturated carbocycles. The van der Waals surface area contributed by atoms with Gasteiger partial charge in [-0.05, 0) is 12.5 Å². The molecule has 1 heterocycles. The summed E-state index contributed by atoms with van der Waals surface area (Å²) < 4.78 is 5.02. The zero-order valence-electron chi connectivity index (χ0n) is 9.96. The number of hydrogen-bond acceptors (Lipinski definition) is 4. The van der Waals surface area contributed by atoms with Crippen LogP contribution in [0.2, 0.25) is 0 Å². The van der Waals surface area contributed by atoms with Crippen LogP contribution in [0.15, 0.2) is 30.3 Å². The molecule has 2 rings (SSSR count). The largest absolute Gasteiger partial charge is 0.444 e. The molecule has 1 aliphatic heterocycles. The Hall–Kier alpha value is -2.17. The smallest absolute Gasteiger partial charge is 0.417 e. The van der Waals surface area contributed by atoms with Crippen molar-refractivity contribution in [2.24, 2.45) is 0 Å².